The highest BCUT2D eigenvalue weighted by atomic mass is 16.1. The van der Waals surface area contributed by atoms with Crippen LogP contribution in [-0.2, 0) is 0 Å². The minimum atomic E-state index is -0.0212. The third-order valence-electron chi connectivity index (χ3n) is 13.7. The lowest BCUT2D eigenvalue weighted by molar-refractivity contribution is 1.19. The molecule has 15 aromatic rings. The molecule has 0 unspecified atom stereocenters. The Morgan fingerprint density at radius 2 is 0.746 bits per heavy atom. The fraction of sp³-hybridized carbons (Fsp3) is 0. The number of hydrogen-bond donors (Lipinski definition) is 0. The molecule has 0 fully saturated rings. The molecule has 0 saturated carbocycles. The molecule has 0 aliphatic carbocycles. The Morgan fingerprint density at radius 3 is 1.31 bits per heavy atom. The first-order chi connectivity index (χ1) is 29.2. The van der Waals surface area contributed by atoms with Gasteiger partial charge in [0, 0.05) is 16.2 Å². The van der Waals surface area contributed by atoms with Crippen LogP contribution in [-0.4, -0.2) is 9.38 Å². The van der Waals surface area contributed by atoms with E-state index in [1.807, 2.05) is 24.3 Å². The van der Waals surface area contributed by atoms with Gasteiger partial charge in [-0.1, -0.05) is 146 Å². The summed E-state index contributed by atoms with van der Waals surface area (Å²) in [6.07, 6.45) is 0. The zero-order valence-electron chi connectivity index (χ0n) is 31.5. The minimum Gasteiger partial charge on any atom is -0.268 e. The third kappa shape index (κ3) is 3.46. The number of para-hydroxylation sites is 2. The second kappa shape index (κ2) is 10.3. The zero-order valence-corrected chi connectivity index (χ0v) is 31.5. The summed E-state index contributed by atoms with van der Waals surface area (Å²) in [6.45, 7) is 0. The summed E-state index contributed by atoms with van der Waals surface area (Å²) in [4.78, 5) is 19.4. The Bertz CT molecular complexity index is 4180. The highest BCUT2D eigenvalue weighted by Crippen LogP contribution is 2.57. The number of aromatic nitrogens is 2. The predicted molar refractivity (Wildman–Crippen MR) is 250 cm³/mol. The molecule has 268 valence electrons. The molecule has 0 bridgehead atoms. The van der Waals surface area contributed by atoms with Gasteiger partial charge in [-0.3, -0.25) is 9.20 Å². The van der Waals surface area contributed by atoms with E-state index in [2.05, 4.69) is 146 Å². The van der Waals surface area contributed by atoms with Crippen LogP contribution in [0.5, 0.6) is 0 Å². The molecule has 2 heterocycles. The average Bonchev–Trinajstić information content (AvgIpc) is 3.96. The Kier molecular flexibility index (Phi) is 5.31. The number of imidazole rings is 1. The second-order valence-electron chi connectivity index (χ2n) is 16.4. The molecule has 15 rings (SSSR count). The summed E-state index contributed by atoms with van der Waals surface area (Å²) in [6, 6.07) is 61.8. The van der Waals surface area contributed by atoms with E-state index in [9.17, 15) is 4.79 Å². The lowest BCUT2D eigenvalue weighted by atomic mass is 9.87. The van der Waals surface area contributed by atoms with Crippen molar-refractivity contribution in [3.05, 3.63) is 180 Å². The van der Waals surface area contributed by atoms with E-state index < -0.39 is 0 Å². The van der Waals surface area contributed by atoms with Crippen LogP contribution >= 0.6 is 0 Å². The lowest BCUT2D eigenvalue weighted by Gasteiger charge is -2.17. The third-order valence-corrected chi connectivity index (χ3v) is 13.7. The van der Waals surface area contributed by atoms with Crippen molar-refractivity contribution < 1.29 is 0 Å². The normalized spacial score (nSPS) is 12.8. The molecule has 0 amide bonds. The molecule has 3 nitrogen and oxygen atoms in total. The number of rotatable bonds is 2. The van der Waals surface area contributed by atoms with Crippen molar-refractivity contribution in [3.63, 3.8) is 0 Å². The van der Waals surface area contributed by atoms with Crippen molar-refractivity contribution in [2.75, 3.05) is 0 Å². The Labute approximate surface area is 334 Å². The first-order valence-corrected chi connectivity index (χ1v) is 20.4. The molecule has 13 aromatic carbocycles. The van der Waals surface area contributed by atoms with Crippen molar-refractivity contribution >= 4 is 124 Å². The van der Waals surface area contributed by atoms with Gasteiger partial charge in [-0.2, -0.15) is 0 Å². The van der Waals surface area contributed by atoms with Gasteiger partial charge in [0.25, 0.3) is 5.56 Å². The van der Waals surface area contributed by atoms with E-state index in [1.165, 1.54) is 108 Å². The molecule has 3 heteroatoms. The van der Waals surface area contributed by atoms with Crippen LogP contribution in [0.25, 0.3) is 147 Å². The Morgan fingerprint density at radius 1 is 0.322 bits per heavy atom. The molecular weight excluding hydrogens is 717 g/mol. The van der Waals surface area contributed by atoms with Crippen molar-refractivity contribution in [3.8, 4) is 22.3 Å². The van der Waals surface area contributed by atoms with Crippen LogP contribution in [0.3, 0.4) is 0 Å². The van der Waals surface area contributed by atoms with E-state index >= 15 is 0 Å². The number of nitrogens with zero attached hydrogens (tertiary/aromatic N) is 2. The summed E-state index contributed by atoms with van der Waals surface area (Å²) in [5, 5.41) is 24.2. The quantitative estimate of drug-likeness (QED) is 0.130. The fourth-order valence-electron chi connectivity index (χ4n) is 11.6. The summed E-state index contributed by atoms with van der Waals surface area (Å²) in [7, 11) is 0. The molecule has 0 atom stereocenters. The largest absolute Gasteiger partial charge is 0.268 e. The van der Waals surface area contributed by atoms with Gasteiger partial charge in [-0.05, 0) is 138 Å². The van der Waals surface area contributed by atoms with Gasteiger partial charge < -0.3 is 0 Å². The number of benzene rings is 11. The van der Waals surface area contributed by atoms with E-state index in [0.717, 1.165) is 38.2 Å². The monoisotopic (exact) mass is 744 g/mol. The average molecular weight is 745 g/mol. The second-order valence-corrected chi connectivity index (χ2v) is 16.4. The molecule has 2 aromatic heterocycles. The Hall–Kier alpha value is -7.88. The Balaban J connectivity index is 1.20. The maximum atomic E-state index is 14.4. The molecule has 0 aliphatic rings. The smallest absolute Gasteiger partial charge is 0.264 e. The topological polar surface area (TPSA) is 34.4 Å². The number of fused-ring (bicyclic) bond motifs is 12. The van der Waals surface area contributed by atoms with Gasteiger partial charge in [0.1, 0.15) is 5.65 Å². The van der Waals surface area contributed by atoms with Crippen molar-refractivity contribution in [1.29, 1.82) is 0 Å². The van der Waals surface area contributed by atoms with Gasteiger partial charge in [0.2, 0.25) is 0 Å². The van der Waals surface area contributed by atoms with Gasteiger partial charge in [-0.25, -0.2) is 4.98 Å². The van der Waals surface area contributed by atoms with Crippen molar-refractivity contribution in [1.82, 2.24) is 9.38 Å². The SMILES string of the molecule is O=c1c2ccc3c4ccc5c6c(-c7ccccc7)c7c8cccc9cccc(c7c(-c7ccccc7)c6c6ccc(c7ccc(c2c37)c2nc3ccccc3n12)c4c56)c98. The van der Waals surface area contributed by atoms with Gasteiger partial charge in [0.05, 0.1) is 11.0 Å². The van der Waals surface area contributed by atoms with Crippen molar-refractivity contribution in [2.24, 2.45) is 0 Å². The van der Waals surface area contributed by atoms with Crippen LogP contribution in [0.1, 0.15) is 0 Å². The van der Waals surface area contributed by atoms with Crippen LogP contribution in [0.15, 0.2) is 175 Å². The molecule has 0 aliphatic heterocycles. The molecular formula is C56H28N2O. The summed E-state index contributed by atoms with van der Waals surface area (Å²) >= 11 is 0. The summed E-state index contributed by atoms with van der Waals surface area (Å²) < 4.78 is 1.80. The van der Waals surface area contributed by atoms with Gasteiger partial charge >= 0.3 is 0 Å². The lowest BCUT2D eigenvalue weighted by Crippen LogP contribution is -2.13. The molecule has 0 radical (unpaired) electrons. The van der Waals surface area contributed by atoms with E-state index in [0.29, 0.717) is 0 Å². The number of pyridine rings is 1. The zero-order chi connectivity index (χ0) is 38.2. The first-order valence-electron chi connectivity index (χ1n) is 20.4. The maximum Gasteiger partial charge on any atom is 0.264 e. The van der Waals surface area contributed by atoms with E-state index in [-0.39, 0.29) is 5.56 Å². The summed E-state index contributed by atoms with van der Waals surface area (Å²) in [5.74, 6) is 0. The number of hydrogen-bond acceptors (Lipinski definition) is 2. The molecule has 59 heavy (non-hydrogen) atoms. The maximum absolute atomic E-state index is 14.4. The summed E-state index contributed by atoms with van der Waals surface area (Å²) in [5.41, 5.74) is 7.41. The van der Waals surface area contributed by atoms with E-state index in [4.69, 9.17) is 4.98 Å². The van der Waals surface area contributed by atoms with Crippen LogP contribution in [0.4, 0.5) is 0 Å². The van der Waals surface area contributed by atoms with Crippen LogP contribution in [0, 0.1) is 0 Å². The standard InChI is InChI=1S/C56H28N2O/c59-56-41-28-24-35-33-22-26-39-49-38(25-21-32(47(33)49)34-23-27-40(50(41)48(34)35)55-57-42-19-7-8-20-43(42)58(55)56)53-45(30-11-3-1-4-12-30)51-36-17-9-15-29-16-10-18-37(44(29)36)52(51)46(54(39)53)31-13-5-2-6-14-31/h1-28H. The fourth-order valence-corrected chi connectivity index (χ4v) is 11.6. The van der Waals surface area contributed by atoms with Gasteiger partial charge in [-0.15, -0.1) is 0 Å². The van der Waals surface area contributed by atoms with Crippen LogP contribution in [0.2, 0.25) is 0 Å². The minimum absolute atomic E-state index is 0.0212. The highest BCUT2D eigenvalue weighted by molar-refractivity contribution is 6.50. The highest BCUT2D eigenvalue weighted by Gasteiger charge is 2.29. The van der Waals surface area contributed by atoms with E-state index in [1.54, 1.807) is 4.40 Å². The molecule has 0 N–H and O–H groups in total. The molecule has 0 spiro atoms. The van der Waals surface area contributed by atoms with Gasteiger partial charge in [0.15, 0.2) is 0 Å². The van der Waals surface area contributed by atoms with Crippen LogP contribution < -0.4 is 5.56 Å². The van der Waals surface area contributed by atoms with Crippen molar-refractivity contribution in [2.45, 2.75) is 0 Å². The molecule has 0 saturated heterocycles. The predicted octanol–water partition coefficient (Wildman–Crippen LogP) is 14.5. The first kappa shape index (κ1) is 30.3.